The van der Waals surface area contributed by atoms with Crippen molar-refractivity contribution in [3.8, 4) is 0 Å². The highest BCUT2D eigenvalue weighted by Gasteiger charge is 2.21. The molecule has 0 aromatic rings. The van der Waals surface area contributed by atoms with Crippen LogP contribution in [0.15, 0.2) is 0 Å². The van der Waals surface area contributed by atoms with E-state index in [0.29, 0.717) is 13.0 Å². The lowest BCUT2D eigenvalue weighted by Crippen LogP contribution is -2.38. The van der Waals surface area contributed by atoms with Gasteiger partial charge >= 0.3 is 5.97 Å². The number of esters is 1. The number of likely N-dealkylation sites (N-methyl/N-ethyl adjacent to an activating group) is 1. The van der Waals surface area contributed by atoms with E-state index in [4.69, 9.17) is 4.74 Å². The summed E-state index contributed by atoms with van der Waals surface area (Å²) in [6, 6.07) is 0.740. The van der Waals surface area contributed by atoms with Gasteiger partial charge in [-0.05, 0) is 52.2 Å². The van der Waals surface area contributed by atoms with E-state index in [0.717, 1.165) is 38.4 Å². The van der Waals surface area contributed by atoms with Gasteiger partial charge in [0.05, 0.1) is 6.61 Å². The van der Waals surface area contributed by atoms with Crippen LogP contribution in [0.2, 0.25) is 0 Å². The molecule has 1 aliphatic rings. The molecule has 0 aromatic carbocycles. The van der Waals surface area contributed by atoms with Gasteiger partial charge in [0, 0.05) is 19.0 Å². The first-order valence-corrected chi connectivity index (χ1v) is 7.88. The predicted octanol–water partition coefficient (Wildman–Crippen LogP) is 2.18. The average molecular weight is 270 g/mol. The maximum atomic E-state index is 11.1. The normalized spacial score (nSPS) is 19.8. The molecule has 0 amide bonds. The number of nitrogens with one attached hydrogen (secondary N) is 1. The minimum atomic E-state index is -0.0556. The molecule has 0 saturated carbocycles. The number of ether oxygens (including phenoxy) is 1. The van der Waals surface area contributed by atoms with Gasteiger partial charge in [0.1, 0.15) is 0 Å². The molecule has 0 spiro atoms. The topological polar surface area (TPSA) is 41.6 Å². The fourth-order valence-corrected chi connectivity index (χ4v) is 2.74. The molecule has 0 aromatic heterocycles. The van der Waals surface area contributed by atoms with Crippen LogP contribution >= 0.6 is 0 Å². The highest BCUT2D eigenvalue weighted by Crippen LogP contribution is 2.15. The molecule has 4 heteroatoms. The number of nitrogens with zero attached hydrogens (tertiary/aromatic N) is 1. The Bertz CT molecular complexity index is 246. The number of hydrogen-bond acceptors (Lipinski definition) is 4. The zero-order chi connectivity index (χ0) is 13.9. The lowest BCUT2D eigenvalue weighted by atomic mass is 10.2. The summed E-state index contributed by atoms with van der Waals surface area (Å²) in [6.07, 6.45) is 6.46. The van der Waals surface area contributed by atoms with E-state index in [1.165, 1.54) is 25.9 Å². The lowest BCUT2D eigenvalue weighted by Gasteiger charge is -2.22. The van der Waals surface area contributed by atoms with Crippen LogP contribution in [-0.2, 0) is 9.53 Å². The molecule has 1 atom stereocenters. The van der Waals surface area contributed by atoms with Crippen LogP contribution in [0.25, 0.3) is 0 Å². The van der Waals surface area contributed by atoms with E-state index in [-0.39, 0.29) is 5.97 Å². The fourth-order valence-electron chi connectivity index (χ4n) is 2.74. The fraction of sp³-hybridized carbons (Fsp3) is 0.933. The minimum absolute atomic E-state index is 0.0556. The Morgan fingerprint density at radius 2 is 2.16 bits per heavy atom. The van der Waals surface area contributed by atoms with Crippen LogP contribution in [0.3, 0.4) is 0 Å². The lowest BCUT2D eigenvalue weighted by molar-refractivity contribution is -0.143. The van der Waals surface area contributed by atoms with Crippen LogP contribution in [-0.4, -0.2) is 49.7 Å². The SMILES string of the molecule is CCOC(=O)CCCCCNCC1CCCN1CC. The molecule has 0 bridgehead atoms. The van der Waals surface area contributed by atoms with Crippen molar-refractivity contribution in [3.63, 3.8) is 0 Å². The molecule has 1 unspecified atom stereocenters. The maximum absolute atomic E-state index is 11.1. The summed E-state index contributed by atoms with van der Waals surface area (Å²) in [5.41, 5.74) is 0. The Balaban J connectivity index is 1.90. The first-order valence-electron chi connectivity index (χ1n) is 7.88. The van der Waals surface area contributed by atoms with Crippen molar-refractivity contribution in [1.82, 2.24) is 10.2 Å². The second-order valence-electron chi connectivity index (χ2n) is 5.24. The Hall–Kier alpha value is -0.610. The molecule has 1 rings (SSSR count). The summed E-state index contributed by atoms with van der Waals surface area (Å²) in [5.74, 6) is -0.0556. The van der Waals surface area contributed by atoms with Crippen LogP contribution < -0.4 is 5.32 Å². The Labute approximate surface area is 117 Å². The van der Waals surface area contributed by atoms with Crippen LogP contribution in [0.4, 0.5) is 0 Å². The van der Waals surface area contributed by atoms with Crippen molar-refractivity contribution in [2.75, 3.05) is 32.8 Å². The van der Waals surface area contributed by atoms with Gasteiger partial charge in [0.2, 0.25) is 0 Å². The standard InChI is InChI=1S/C15H30N2O2/c1-3-17-12-8-9-14(17)13-16-11-7-5-6-10-15(18)19-4-2/h14,16H,3-13H2,1-2H3. The first kappa shape index (κ1) is 16.4. The average Bonchev–Trinajstić information content (AvgIpc) is 2.85. The summed E-state index contributed by atoms with van der Waals surface area (Å²) in [5, 5.41) is 3.55. The van der Waals surface area contributed by atoms with Crippen LogP contribution in [0.1, 0.15) is 52.4 Å². The quantitative estimate of drug-likeness (QED) is 0.488. The van der Waals surface area contributed by atoms with E-state index in [1.807, 2.05) is 6.92 Å². The minimum Gasteiger partial charge on any atom is -0.466 e. The summed E-state index contributed by atoms with van der Waals surface area (Å²) in [4.78, 5) is 13.7. The van der Waals surface area contributed by atoms with E-state index in [2.05, 4.69) is 17.1 Å². The summed E-state index contributed by atoms with van der Waals surface area (Å²) in [7, 11) is 0. The Morgan fingerprint density at radius 3 is 2.89 bits per heavy atom. The number of unbranched alkanes of at least 4 members (excludes halogenated alkanes) is 2. The molecular weight excluding hydrogens is 240 g/mol. The number of hydrogen-bond donors (Lipinski definition) is 1. The van der Waals surface area contributed by atoms with E-state index in [9.17, 15) is 4.79 Å². The van der Waals surface area contributed by atoms with Gasteiger partial charge in [-0.2, -0.15) is 0 Å². The molecule has 0 radical (unpaired) electrons. The van der Waals surface area contributed by atoms with E-state index in [1.54, 1.807) is 0 Å². The van der Waals surface area contributed by atoms with Crippen molar-refractivity contribution < 1.29 is 9.53 Å². The van der Waals surface area contributed by atoms with E-state index >= 15 is 0 Å². The Morgan fingerprint density at radius 1 is 1.32 bits per heavy atom. The van der Waals surface area contributed by atoms with E-state index < -0.39 is 0 Å². The van der Waals surface area contributed by atoms with Crippen molar-refractivity contribution in [3.05, 3.63) is 0 Å². The first-order chi connectivity index (χ1) is 9.27. The molecule has 4 nitrogen and oxygen atoms in total. The zero-order valence-electron chi connectivity index (χ0n) is 12.6. The Kier molecular flexibility index (Phi) is 8.84. The predicted molar refractivity (Wildman–Crippen MR) is 78.2 cm³/mol. The number of rotatable bonds is 10. The summed E-state index contributed by atoms with van der Waals surface area (Å²) >= 11 is 0. The molecule has 19 heavy (non-hydrogen) atoms. The highest BCUT2D eigenvalue weighted by atomic mass is 16.5. The van der Waals surface area contributed by atoms with Gasteiger partial charge in [-0.1, -0.05) is 13.3 Å². The van der Waals surface area contributed by atoms with Crippen molar-refractivity contribution in [2.45, 2.75) is 58.4 Å². The van der Waals surface area contributed by atoms with Crippen molar-refractivity contribution in [1.29, 1.82) is 0 Å². The van der Waals surface area contributed by atoms with Crippen molar-refractivity contribution in [2.24, 2.45) is 0 Å². The smallest absolute Gasteiger partial charge is 0.305 e. The second-order valence-corrected chi connectivity index (χ2v) is 5.24. The largest absolute Gasteiger partial charge is 0.466 e. The molecule has 112 valence electrons. The zero-order valence-corrected chi connectivity index (χ0v) is 12.6. The van der Waals surface area contributed by atoms with Gasteiger partial charge in [-0.3, -0.25) is 9.69 Å². The molecule has 1 fully saturated rings. The highest BCUT2D eigenvalue weighted by molar-refractivity contribution is 5.69. The third-order valence-electron chi connectivity index (χ3n) is 3.82. The summed E-state index contributed by atoms with van der Waals surface area (Å²) < 4.78 is 4.90. The van der Waals surface area contributed by atoms with Crippen molar-refractivity contribution >= 4 is 5.97 Å². The van der Waals surface area contributed by atoms with Gasteiger partial charge in [0.15, 0.2) is 0 Å². The number of likely N-dealkylation sites (tertiary alicyclic amines) is 1. The van der Waals surface area contributed by atoms with Crippen LogP contribution in [0, 0.1) is 0 Å². The van der Waals surface area contributed by atoms with Gasteiger partial charge in [-0.25, -0.2) is 0 Å². The third-order valence-corrected chi connectivity index (χ3v) is 3.82. The number of carbonyl (C=O) groups is 1. The third kappa shape index (κ3) is 6.92. The molecule has 1 N–H and O–H groups in total. The molecular formula is C15H30N2O2. The maximum Gasteiger partial charge on any atom is 0.305 e. The van der Waals surface area contributed by atoms with Crippen LogP contribution in [0.5, 0.6) is 0 Å². The number of carbonyl (C=O) groups excluding carboxylic acids is 1. The molecule has 1 aliphatic heterocycles. The van der Waals surface area contributed by atoms with Gasteiger partial charge < -0.3 is 10.1 Å². The molecule has 1 saturated heterocycles. The second kappa shape index (κ2) is 10.2. The van der Waals surface area contributed by atoms with Gasteiger partial charge in [-0.15, -0.1) is 0 Å². The van der Waals surface area contributed by atoms with Gasteiger partial charge in [0.25, 0.3) is 0 Å². The molecule has 1 heterocycles. The molecule has 0 aliphatic carbocycles. The summed E-state index contributed by atoms with van der Waals surface area (Å²) in [6.45, 7) is 9.21. The monoisotopic (exact) mass is 270 g/mol.